The summed E-state index contributed by atoms with van der Waals surface area (Å²) >= 11 is 5.92. The highest BCUT2D eigenvalue weighted by Crippen LogP contribution is 2.27. The van der Waals surface area contributed by atoms with E-state index in [9.17, 15) is 5.11 Å². The number of halogens is 1. The Labute approximate surface area is 117 Å². The largest absolute Gasteiger partial charge is 0.504 e. The first-order chi connectivity index (χ1) is 9.10. The first-order valence-electron chi connectivity index (χ1n) is 5.96. The van der Waals surface area contributed by atoms with Crippen molar-refractivity contribution >= 4 is 17.3 Å². The molecular formula is C15H16ClNO2. The summed E-state index contributed by atoms with van der Waals surface area (Å²) in [5, 5.41) is 13.6. The summed E-state index contributed by atoms with van der Waals surface area (Å²) < 4.78 is 5.08. The van der Waals surface area contributed by atoms with Crippen molar-refractivity contribution in [3.8, 4) is 11.5 Å². The molecule has 2 rings (SSSR count). The van der Waals surface area contributed by atoms with Crippen molar-refractivity contribution in [1.29, 1.82) is 0 Å². The van der Waals surface area contributed by atoms with Gasteiger partial charge in [-0.1, -0.05) is 17.7 Å². The number of hydrogen-bond acceptors (Lipinski definition) is 3. The van der Waals surface area contributed by atoms with Gasteiger partial charge in [-0.15, -0.1) is 0 Å². The van der Waals surface area contributed by atoms with Crippen molar-refractivity contribution in [3.63, 3.8) is 0 Å². The van der Waals surface area contributed by atoms with E-state index in [1.54, 1.807) is 6.07 Å². The van der Waals surface area contributed by atoms with Crippen LogP contribution in [-0.2, 0) is 6.54 Å². The Bertz CT molecular complexity index is 584. The van der Waals surface area contributed by atoms with Gasteiger partial charge >= 0.3 is 0 Å². The molecule has 2 N–H and O–H groups in total. The van der Waals surface area contributed by atoms with E-state index in [-0.39, 0.29) is 5.75 Å². The van der Waals surface area contributed by atoms with Gasteiger partial charge in [-0.05, 0) is 48.4 Å². The molecule has 3 nitrogen and oxygen atoms in total. The summed E-state index contributed by atoms with van der Waals surface area (Å²) in [4.78, 5) is 0. The van der Waals surface area contributed by atoms with Crippen LogP contribution in [0.4, 0.5) is 5.69 Å². The fourth-order valence-electron chi connectivity index (χ4n) is 1.85. The molecular weight excluding hydrogens is 262 g/mol. The zero-order valence-corrected chi connectivity index (χ0v) is 11.7. The Morgan fingerprint density at radius 3 is 2.68 bits per heavy atom. The Morgan fingerprint density at radius 1 is 1.21 bits per heavy atom. The van der Waals surface area contributed by atoms with E-state index < -0.39 is 0 Å². The number of rotatable bonds is 4. The summed E-state index contributed by atoms with van der Waals surface area (Å²) in [7, 11) is 1.54. The minimum absolute atomic E-state index is 0.147. The lowest BCUT2D eigenvalue weighted by atomic mass is 10.1. The molecule has 2 aromatic rings. The van der Waals surface area contributed by atoms with Crippen LogP contribution in [0.2, 0.25) is 5.02 Å². The molecule has 0 atom stereocenters. The van der Waals surface area contributed by atoms with Crippen LogP contribution in [0.15, 0.2) is 36.4 Å². The lowest BCUT2D eigenvalue weighted by Gasteiger charge is -2.11. The van der Waals surface area contributed by atoms with E-state index in [2.05, 4.69) is 5.32 Å². The maximum absolute atomic E-state index is 9.53. The average molecular weight is 278 g/mol. The van der Waals surface area contributed by atoms with Gasteiger partial charge in [0.2, 0.25) is 0 Å². The zero-order chi connectivity index (χ0) is 13.8. The number of phenolic OH excluding ortho intramolecular Hbond substituents is 1. The van der Waals surface area contributed by atoms with Gasteiger partial charge in [-0.3, -0.25) is 0 Å². The predicted octanol–water partition coefficient (Wildman–Crippen LogP) is 3.97. The summed E-state index contributed by atoms with van der Waals surface area (Å²) in [5.74, 6) is 0.626. The number of benzene rings is 2. The monoisotopic (exact) mass is 277 g/mol. The number of nitrogens with one attached hydrogen (secondary N) is 1. The maximum atomic E-state index is 9.53. The minimum Gasteiger partial charge on any atom is -0.504 e. The van der Waals surface area contributed by atoms with E-state index in [0.29, 0.717) is 12.3 Å². The zero-order valence-electron chi connectivity index (χ0n) is 10.9. The van der Waals surface area contributed by atoms with Crippen LogP contribution < -0.4 is 10.1 Å². The van der Waals surface area contributed by atoms with Crippen molar-refractivity contribution in [2.75, 3.05) is 12.4 Å². The Kier molecular flexibility index (Phi) is 4.17. The molecule has 0 aliphatic heterocycles. The molecule has 0 unspecified atom stereocenters. The van der Waals surface area contributed by atoms with Gasteiger partial charge in [0.15, 0.2) is 11.5 Å². The summed E-state index contributed by atoms with van der Waals surface area (Å²) in [6.07, 6.45) is 0. The third-order valence-corrected chi connectivity index (χ3v) is 3.15. The van der Waals surface area contributed by atoms with Crippen molar-refractivity contribution in [1.82, 2.24) is 0 Å². The molecule has 2 aromatic carbocycles. The van der Waals surface area contributed by atoms with Gasteiger partial charge in [0.25, 0.3) is 0 Å². The molecule has 0 aliphatic carbocycles. The number of phenols is 1. The van der Waals surface area contributed by atoms with E-state index in [1.165, 1.54) is 7.11 Å². The van der Waals surface area contributed by atoms with Crippen LogP contribution in [0.3, 0.4) is 0 Å². The lowest BCUT2D eigenvalue weighted by Crippen LogP contribution is -2.01. The first-order valence-corrected chi connectivity index (χ1v) is 6.34. The Balaban J connectivity index is 2.10. The smallest absolute Gasteiger partial charge is 0.160 e. The second-order valence-corrected chi connectivity index (χ2v) is 4.76. The van der Waals surface area contributed by atoms with E-state index in [4.69, 9.17) is 16.3 Å². The second-order valence-electron chi connectivity index (χ2n) is 4.32. The van der Waals surface area contributed by atoms with Crippen LogP contribution in [0, 0.1) is 6.92 Å². The highest BCUT2D eigenvalue weighted by Gasteiger charge is 2.03. The van der Waals surface area contributed by atoms with Gasteiger partial charge in [0, 0.05) is 17.3 Å². The molecule has 0 bridgehead atoms. The number of anilines is 1. The molecule has 19 heavy (non-hydrogen) atoms. The van der Waals surface area contributed by atoms with Crippen LogP contribution in [0.25, 0.3) is 0 Å². The van der Waals surface area contributed by atoms with Crippen molar-refractivity contribution in [2.24, 2.45) is 0 Å². The van der Waals surface area contributed by atoms with Gasteiger partial charge in [-0.2, -0.15) is 0 Å². The fourth-order valence-corrected chi connectivity index (χ4v) is 2.08. The number of ether oxygens (including phenoxy) is 1. The van der Waals surface area contributed by atoms with E-state index in [0.717, 1.165) is 21.8 Å². The average Bonchev–Trinajstić information content (AvgIpc) is 2.39. The molecule has 4 heteroatoms. The van der Waals surface area contributed by atoms with Crippen molar-refractivity contribution < 1.29 is 9.84 Å². The van der Waals surface area contributed by atoms with Crippen LogP contribution in [0.1, 0.15) is 11.1 Å². The highest BCUT2D eigenvalue weighted by molar-refractivity contribution is 6.30. The summed E-state index contributed by atoms with van der Waals surface area (Å²) in [6, 6.07) is 11.0. The van der Waals surface area contributed by atoms with Crippen LogP contribution >= 0.6 is 11.6 Å². The number of methoxy groups -OCH3 is 1. The standard InChI is InChI=1S/C15H16ClNO2/c1-10-7-12(16)4-5-13(10)17-9-11-3-6-14(18)15(8-11)19-2/h3-8,17-18H,9H2,1-2H3. The molecule has 100 valence electrons. The summed E-state index contributed by atoms with van der Waals surface area (Å²) in [5.41, 5.74) is 3.17. The number of hydrogen-bond donors (Lipinski definition) is 2. The van der Waals surface area contributed by atoms with Gasteiger partial charge < -0.3 is 15.2 Å². The normalized spacial score (nSPS) is 10.3. The molecule has 0 heterocycles. The Morgan fingerprint density at radius 2 is 2.00 bits per heavy atom. The first kappa shape index (κ1) is 13.6. The Hall–Kier alpha value is -1.87. The molecule has 0 fully saturated rings. The molecule has 0 amide bonds. The molecule has 0 aliphatic rings. The topological polar surface area (TPSA) is 41.5 Å². The maximum Gasteiger partial charge on any atom is 0.160 e. The van der Waals surface area contributed by atoms with E-state index in [1.807, 2.05) is 37.3 Å². The summed E-state index contributed by atoms with van der Waals surface area (Å²) in [6.45, 7) is 2.66. The van der Waals surface area contributed by atoms with Crippen molar-refractivity contribution in [3.05, 3.63) is 52.5 Å². The van der Waals surface area contributed by atoms with Gasteiger partial charge in [0.1, 0.15) is 0 Å². The van der Waals surface area contributed by atoms with Crippen LogP contribution in [-0.4, -0.2) is 12.2 Å². The second kappa shape index (κ2) is 5.85. The molecule has 0 saturated heterocycles. The van der Waals surface area contributed by atoms with Crippen molar-refractivity contribution in [2.45, 2.75) is 13.5 Å². The molecule has 0 spiro atoms. The third-order valence-electron chi connectivity index (χ3n) is 2.92. The van der Waals surface area contributed by atoms with Crippen LogP contribution in [0.5, 0.6) is 11.5 Å². The van der Waals surface area contributed by atoms with Gasteiger partial charge in [-0.25, -0.2) is 0 Å². The SMILES string of the molecule is COc1cc(CNc2ccc(Cl)cc2C)ccc1O. The molecule has 0 saturated carbocycles. The minimum atomic E-state index is 0.147. The highest BCUT2D eigenvalue weighted by atomic mass is 35.5. The molecule has 0 radical (unpaired) electrons. The third kappa shape index (κ3) is 3.32. The molecule has 0 aromatic heterocycles. The van der Waals surface area contributed by atoms with E-state index >= 15 is 0 Å². The lowest BCUT2D eigenvalue weighted by molar-refractivity contribution is 0.373. The quantitative estimate of drug-likeness (QED) is 0.888. The number of aromatic hydroxyl groups is 1. The fraction of sp³-hybridized carbons (Fsp3) is 0.200. The predicted molar refractivity (Wildman–Crippen MR) is 78.2 cm³/mol. The van der Waals surface area contributed by atoms with Gasteiger partial charge in [0.05, 0.1) is 7.11 Å². The number of aryl methyl sites for hydroxylation is 1.